The van der Waals surface area contributed by atoms with Crippen molar-refractivity contribution in [3.63, 3.8) is 0 Å². The number of carbonyl (C=O) groups excluding carboxylic acids is 2. The maximum absolute atomic E-state index is 11.9. The van der Waals surface area contributed by atoms with E-state index in [4.69, 9.17) is 11.6 Å². The highest BCUT2D eigenvalue weighted by Gasteiger charge is 2.10. The number of hydrogen-bond donors (Lipinski definition) is 2. The van der Waals surface area contributed by atoms with Crippen LogP contribution in [0.4, 0.5) is 0 Å². The van der Waals surface area contributed by atoms with Crippen LogP contribution in [0.5, 0.6) is 0 Å². The molecule has 1 heterocycles. The molecular weight excluding hydrogens is 432 g/mol. The summed E-state index contributed by atoms with van der Waals surface area (Å²) in [6, 6.07) is 10.9. The minimum Gasteiger partial charge on any atom is -0.354 e. The topological polar surface area (TPSA) is 58.2 Å². The van der Waals surface area contributed by atoms with E-state index in [1.165, 1.54) is 4.88 Å². The molecule has 1 aromatic heterocycles. The van der Waals surface area contributed by atoms with Crippen LogP contribution in [0.2, 0.25) is 5.02 Å². The van der Waals surface area contributed by atoms with Gasteiger partial charge in [-0.3, -0.25) is 9.59 Å². The Morgan fingerprint density at radius 2 is 1.96 bits per heavy atom. The lowest BCUT2D eigenvalue weighted by atomic mass is 10.2. The molecule has 2 N–H and O–H groups in total. The van der Waals surface area contributed by atoms with E-state index >= 15 is 0 Å². The van der Waals surface area contributed by atoms with Crippen molar-refractivity contribution >= 4 is 62.4 Å². The summed E-state index contributed by atoms with van der Waals surface area (Å²) in [5.74, 6) is 1.18. The number of hydrogen-bond acceptors (Lipinski definition) is 4. The van der Waals surface area contributed by atoms with Gasteiger partial charge < -0.3 is 10.6 Å². The molecule has 0 fully saturated rings. The maximum atomic E-state index is 11.9. The Hall–Kier alpha value is -1.02. The molecule has 2 aromatic rings. The van der Waals surface area contributed by atoms with Crippen LogP contribution in [0.1, 0.15) is 15.2 Å². The van der Waals surface area contributed by atoms with Crippen LogP contribution in [0.3, 0.4) is 0 Å². The highest BCUT2D eigenvalue weighted by Crippen LogP contribution is 2.25. The minimum absolute atomic E-state index is 0.0629. The van der Waals surface area contributed by atoms with Gasteiger partial charge in [0.1, 0.15) is 0 Å². The first-order chi connectivity index (χ1) is 11.6. The van der Waals surface area contributed by atoms with Gasteiger partial charge >= 0.3 is 0 Å². The Morgan fingerprint density at radius 1 is 1.17 bits per heavy atom. The molecule has 8 heteroatoms. The van der Waals surface area contributed by atoms with Gasteiger partial charge in [0.2, 0.25) is 5.91 Å². The molecule has 0 radical (unpaired) electrons. The molecule has 0 aliphatic rings. The fraction of sp³-hybridized carbons (Fsp3) is 0.250. The second-order valence-corrected chi connectivity index (χ2v) is 8.83. The summed E-state index contributed by atoms with van der Waals surface area (Å²) in [7, 11) is 0. The molecule has 0 spiro atoms. The molecule has 0 aliphatic carbocycles. The zero-order valence-corrected chi connectivity index (χ0v) is 16.7. The second-order valence-electron chi connectivity index (χ2n) is 4.77. The number of carbonyl (C=O) groups is 2. The number of thioether (sulfide) groups is 1. The molecule has 0 aliphatic heterocycles. The number of thiophene rings is 1. The average Bonchev–Trinajstić information content (AvgIpc) is 2.98. The first-order valence-corrected chi connectivity index (χ1v) is 10.3. The van der Waals surface area contributed by atoms with Crippen LogP contribution in [0, 0.1) is 0 Å². The Balaban J connectivity index is 1.60. The SMILES string of the molecule is O=C(CNC(=O)c1ccccc1Cl)NCCSCc1ccc(Br)s1. The summed E-state index contributed by atoms with van der Waals surface area (Å²) in [6.07, 6.45) is 0. The lowest BCUT2D eigenvalue weighted by Gasteiger charge is -2.07. The molecule has 0 atom stereocenters. The first kappa shape index (κ1) is 19.3. The molecule has 24 heavy (non-hydrogen) atoms. The maximum Gasteiger partial charge on any atom is 0.253 e. The smallest absolute Gasteiger partial charge is 0.253 e. The van der Waals surface area contributed by atoms with Crippen LogP contribution in [0.25, 0.3) is 0 Å². The predicted octanol–water partition coefficient (Wildman–Crippen LogP) is 3.94. The number of halogens is 2. The molecule has 0 unspecified atom stereocenters. The fourth-order valence-electron chi connectivity index (χ4n) is 1.83. The zero-order valence-electron chi connectivity index (χ0n) is 12.7. The largest absolute Gasteiger partial charge is 0.354 e. The van der Waals surface area contributed by atoms with Gasteiger partial charge in [0, 0.05) is 22.9 Å². The summed E-state index contributed by atoms with van der Waals surface area (Å²) >= 11 is 12.8. The van der Waals surface area contributed by atoms with Gasteiger partial charge in [-0.25, -0.2) is 0 Å². The lowest BCUT2D eigenvalue weighted by molar-refractivity contribution is -0.120. The molecule has 1 aromatic carbocycles. The standard InChI is InChI=1S/C16H16BrClN2O2S2/c17-14-6-5-11(24-14)10-23-8-7-19-15(21)9-20-16(22)12-3-1-2-4-13(12)18/h1-6H,7-10H2,(H,19,21)(H,20,22). The number of amides is 2. The Labute approximate surface area is 162 Å². The first-order valence-electron chi connectivity index (χ1n) is 7.17. The van der Waals surface area contributed by atoms with Gasteiger partial charge in [0.25, 0.3) is 5.91 Å². The Morgan fingerprint density at radius 3 is 2.67 bits per heavy atom. The summed E-state index contributed by atoms with van der Waals surface area (Å²) in [5.41, 5.74) is 0.365. The van der Waals surface area contributed by atoms with E-state index in [0.29, 0.717) is 17.1 Å². The van der Waals surface area contributed by atoms with Gasteiger partial charge in [0.05, 0.1) is 20.9 Å². The van der Waals surface area contributed by atoms with Crippen molar-refractivity contribution in [3.05, 3.63) is 55.6 Å². The third kappa shape index (κ3) is 6.47. The van der Waals surface area contributed by atoms with Gasteiger partial charge in [-0.05, 0) is 40.2 Å². The van der Waals surface area contributed by atoms with Crippen molar-refractivity contribution < 1.29 is 9.59 Å². The molecular formula is C16H16BrClN2O2S2. The summed E-state index contributed by atoms with van der Waals surface area (Å²) < 4.78 is 1.13. The highest BCUT2D eigenvalue weighted by atomic mass is 79.9. The third-order valence-corrected chi connectivity index (χ3v) is 6.11. The molecule has 0 bridgehead atoms. The highest BCUT2D eigenvalue weighted by molar-refractivity contribution is 9.11. The summed E-state index contributed by atoms with van der Waals surface area (Å²) in [4.78, 5) is 24.9. The van der Waals surface area contributed by atoms with E-state index in [0.717, 1.165) is 15.3 Å². The molecule has 0 saturated carbocycles. The normalized spacial score (nSPS) is 10.4. The van der Waals surface area contributed by atoms with Gasteiger partial charge in [-0.1, -0.05) is 23.7 Å². The van der Waals surface area contributed by atoms with E-state index in [9.17, 15) is 9.59 Å². The quantitative estimate of drug-likeness (QED) is 0.603. The summed E-state index contributed by atoms with van der Waals surface area (Å²) in [5, 5.41) is 5.71. The second kappa shape index (κ2) is 10.1. The number of benzene rings is 1. The van der Waals surface area contributed by atoms with Crippen LogP contribution in [-0.4, -0.2) is 30.7 Å². The number of nitrogens with one attached hydrogen (secondary N) is 2. The lowest BCUT2D eigenvalue weighted by Crippen LogP contribution is -2.37. The van der Waals surface area contributed by atoms with Crippen molar-refractivity contribution in [3.8, 4) is 0 Å². The van der Waals surface area contributed by atoms with E-state index in [1.54, 1.807) is 47.4 Å². The van der Waals surface area contributed by atoms with Crippen molar-refractivity contribution in [1.82, 2.24) is 10.6 Å². The Bertz CT molecular complexity index is 709. The number of rotatable bonds is 8. The minimum atomic E-state index is -0.353. The molecule has 2 rings (SSSR count). The van der Waals surface area contributed by atoms with Crippen LogP contribution >= 0.6 is 50.6 Å². The molecule has 0 saturated heterocycles. The van der Waals surface area contributed by atoms with Crippen LogP contribution in [0.15, 0.2) is 40.2 Å². The Kier molecular flexibility index (Phi) is 8.11. The molecule has 128 valence electrons. The van der Waals surface area contributed by atoms with E-state index < -0.39 is 0 Å². The van der Waals surface area contributed by atoms with Crippen LogP contribution < -0.4 is 10.6 Å². The molecule has 4 nitrogen and oxygen atoms in total. The van der Waals surface area contributed by atoms with Gasteiger partial charge in [-0.15, -0.1) is 11.3 Å². The fourth-order valence-corrected chi connectivity index (χ4v) is 4.50. The monoisotopic (exact) mass is 446 g/mol. The third-order valence-electron chi connectivity index (χ3n) is 2.97. The van der Waals surface area contributed by atoms with Crippen molar-refractivity contribution in [2.24, 2.45) is 0 Å². The van der Waals surface area contributed by atoms with E-state index in [-0.39, 0.29) is 18.4 Å². The van der Waals surface area contributed by atoms with E-state index in [1.807, 2.05) is 6.07 Å². The predicted molar refractivity (Wildman–Crippen MR) is 105 cm³/mol. The van der Waals surface area contributed by atoms with E-state index in [2.05, 4.69) is 32.6 Å². The average molecular weight is 448 g/mol. The zero-order chi connectivity index (χ0) is 17.4. The van der Waals surface area contributed by atoms with Crippen molar-refractivity contribution in [2.75, 3.05) is 18.8 Å². The van der Waals surface area contributed by atoms with Gasteiger partial charge in [0.15, 0.2) is 0 Å². The van der Waals surface area contributed by atoms with Crippen molar-refractivity contribution in [1.29, 1.82) is 0 Å². The molecule has 2 amide bonds. The summed E-state index contributed by atoms with van der Waals surface area (Å²) in [6.45, 7) is 0.505. The van der Waals surface area contributed by atoms with Crippen LogP contribution in [-0.2, 0) is 10.5 Å². The van der Waals surface area contributed by atoms with Crippen molar-refractivity contribution in [2.45, 2.75) is 5.75 Å². The van der Waals surface area contributed by atoms with Gasteiger partial charge in [-0.2, -0.15) is 11.8 Å².